The van der Waals surface area contributed by atoms with E-state index < -0.39 is 17.9 Å². The van der Waals surface area contributed by atoms with Crippen molar-refractivity contribution in [3.8, 4) is 6.07 Å². The molecule has 0 radical (unpaired) electrons. The van der Waals surface area contributed by atoms with Crippen LogP contribution in [0.15, 0.2) is 54.6 Å². The van der Waals surface area contributed by atoms with Crippen molar-refractivity contribution in [2.75, 3.05) is 0 Å². The molecule has 2 aromatic rings. The van der Waals surface area contributed by atoms with E-state index in [-0.39, 0.29) is 5.91 Å². The van der Waals surface area contributed by atoms with Gasteiger partial charge in [-0.2, -0.15) is 5.26 Å². The lowest BCUT2D eigenvalue weighted by Gasteiger charge is -2.19. The number of rotatable bonds is 6. The summed E-state index contributed by atoms with van der Waals surface area (Å²) in [5, 5.41) is 11.7. The van der Waals surface area contributed by atoms with Crippen LogP contribution in [0.2, 0.25) is 0 Å². The summed E-state index contributed by atoms with van der Waals surface area (Å²) in [6.45, 7) is 1.73. The van der Waals surface area contributed by atoms with Gasteiger partial charge in [0.1, 0.15) is 6.04 Å². The largest absolute Gasteiger partial charge is 0.368 e. The zero-order valence-corrected chi connectivity index (χ0v) is 13.4. The van der Waals surface area contributed by atoms with Crippen molar-refractivity contribution < 1.29 is 9.59 Å². The lowest BCUT2D eigenvalue weighted by atomic mass is 9.97. The van der Waals surface area contributed by atoms with Gasteiger partial charge in [0, 0.05) is 6.42 Å². The average Bonchev–Trinajstić information content (AvgIpc) is 2.61. The van der Waals surface area contributed by atoms with E-state index in [2.05, 4.69) is 5.32 Å². The number of carbonyl (C=O) groups is 2. The Morgan fingerprint density at radius 3 is 2.50 bits per heavy atom. The van der Waals surface area contributed by atoms with Gasteiger partial charge < -0.3 is 11.1 Å². The van der Waals surface area contributed by atoms with Crippen molar-refractivity contribution in [2.45, 2.75) is 25.3 Å². The summed E-state index contributed by atoms with van der Waals surface area (Å²) in [7, 11) is 0. The molecule has 5 heteroatoms. The summed E-state index contributed by atoms with van der Waals surface area (Å²) in [5.41, 5.74) is 7.54. The standard InChI is InChI=1S/C19H19N3O2/c1-13(16-9-5-8-15(10-16)12-20)19(24)22-17(18(21)23)11-14-6-3-2-4-7-14/h2-10,13,17H,11H2,1H3,(H2,21,23)(H,22,24). The highest BCUT2D eigenvalue weighted by Gasteiger charge is 2.23. The Morgan fingerprint density at radius 2 is 1.88 bits per heavy atom. The van der Waals surface area contributed by atoms with E-state index in [1.807, 2.05) is 36.4 Å². The summed E-state index contributed by atoms with van der Waals surface area (Å²) in [5.74, 6) is -1.37. The van der Waals surface area contributed by atoms with E-state index in [0.717, 1.165) is 11.1 Å². The van der Waals surface area contributed by atoms with Crippen LogP contribution in [0, 0.1) is 11.3 Å². The molecular formula is C19H19N3O2. The second-order valence-electron chi connectivity index (χ2n) is 5.61. The third-order valence-corrected chi connectivity index (χ3v) is 3.85. The summed E-state index contributed by atoms with van der Waals surface area (Å²) in [4.78, 5) is 24.1. The Morgan fingerprint density at radius 1 is 1.17 bits per heavy atom. The quantitative estimate of drug-likeness (QED) is 0.850. The fourth-order valence-corrected chi connectivity index (χ4v) is 2.40. The van der Waals surface area contributed by atoms with Gasteiger partial charge in [0.25, 0.3) is 0 Å². The number of nitriles is 1. The minimum atomic E-state index is -0.776. The van der Waals surface area contributed by atoms with Gasteiger partial charge in [-0.3, -0.25) is 9.59 Å². The summed E-state index contributed by atoms with van der Waals surface area (Å²) in [6, 6.07) is 17.5. The zero-order chi connectivity index (χ0) is 17.5. The Balaban J connectivity index is 2.09. The second kappa shape index (κ2) is 7.93. The summed E-state index contributed by atoms with van der Waals surface area (Å²) >= 11 is 0. The monoisotopic (exact) mass is 321 g/mol. The van der Waals surface area contributed by atoms with E-state index in [0.29, 0.717) is 12.0 Å². The predicted molar refractivity (Wildman–Crippen MR) is 90.8 cm³/mol. The predicted octanol–water partition coefficient (Wildman–Crippen LogP) is 1.87. The molecule has 2 atom stereocenters. The Bertz CT molecular complexity index is 766. The molecular weight excluding hydrogens is 302 g/mol. The molecule has 0 aromatic heterocycles. The van der Waals surface area contributed by atoms with Crippen LogP contribution in [0.4, 0.5) is 0 Å². The molecule has 0 saturated heterocycles. The number of benzene rings is 2. The summed E-state index contributed by atoms with van der Waals surface area (Å²) < 4.78 is 0. The number of nitrogens with one attached hydrogen (secondary N) is 1. The molecule has 2 rings (SSSR count). The highest BCUT2D eigenvalue weighted by Crippen LogP contribution is 2.17. The molecule has 0 saturated carbocycles. The van der Waals surface area contributed by atoms with Crippen LogP contribution >= 0.6 is 0 Å². The third-order valence-electron chi connectivity index (χ3n) is 3.85. The highest BCUT2D eigenvalue weighted by atomic mass is 16.2. The highest BCUT2D eigenvalue weighted by molar-refractivity contribution is 5.89. The van der Waals surface area contributed by atoms with E-state index in [1.54, 1.807) is 31.2 Å². The maximum absolute atomic E-state index is 12.4. The SMILES string of the molecule is CC(C(=O)NC(Cc1ccccc1)C(N)=O)c1cccc(C#N)c1. The van der Waals surface area contributed by atoms with Gasteiger partial charge in [-0.15, -0.1) is 0 Å². The molecule has 3 N–H and O–H groups in total. The first kappa shape index (κ1) is 17.2. The molecule has 122 valence electrons. The molecule has 2 aromatic carbocycles. The number of hydrogen-bond donors (Lipinski definition) is 2. The minimum absolute atomic E-state index is 0.301. The van der Waals surface area contributed by atoms with Gasteiger partial charge in [0.05, 0.1) is 17.6 Å². The van der Waals surface area contributed by atoms with E-state index in [9.17, 15) is 9.59 Å². The van der Waals surface area contributed by atoms with E-state index in [4.69, 9.17) is 11.0 Å². The first-order chi connectivity index (χ1) is 11.5. The molecule has 5 nitrogen and oxygen atoms in total. The fourth-order valence-electron chi connectivity index (χ4n) is 2.40. The molecule has 2 unspecified atom stereocenters. The molecule has 24 heavy (non-hydrogen) atoms. The number of amides is 2. The first-order valence-electron chi connectivity index (χ1n) is 7.65. The van der Waals surface area contributed by atoms with Gasteiger partial charge in [0.15, 0.2) is 0 Å². The lowest BCUT2D eigenvalue weighted by Crippen LogP contribution is -2.47. The average molecular weight is 321 g/mol. The molecule has 0 spiro atoms. The van der Waals surface area contributed by atoms with Gasteiger partial charge in [-0.25, -0.2) is 0 Å². The minimum Gasteiger partial charge on any atom is -0.368 e. The van der Waals surface area contributed by atoms with Crippen LogP contribution in [0.25, 0.3) is 0 Å². The smallest absolute Gasteiger partial charge is 0.240 e. The number of primary amides is 1. The Labute approximate surface area is 141 Å². The summed E-state index contributed by atoms with van der Waals surface area (Å²) in [6.07, 6.45) is 0.340. The Hall–Kier alpha value is -3.13. The van der Waals surface area contributed by atoms with Gasteiger partial charge in [0.2, 0.25) is 11.8 Å². The number of nitrogens with two attached hydrogens (primary N) is 1. The van der Waals surface area contributed by atoms with Crippen molar-refractivity contribution in [1.29, 1.82) is 5.26 Å². The Kier molecular flexibility index (Phi) is 5.69. The van der Waals surface area contributed by atoms with Gasteiger partial charge >= 0.3 is 0 Å². The number of hydrogen-bond acceptors (Lipinski definition) is 3. The zero-order valence-electron chi connectivity index (χ0n) is 13.4. The van der Waals surface area contributed by atoms with Crippen LogP contribution in [-0.4, -0.2) is 17.9 Å². The van der Waals surface area contributed by atoms with Crippen molar-refractivity contribution in [3.63, 3.8) is 0 Å². The van der Waals surface area contributed by atoms with Gasteiger partial charge in [-0.05, 0) is 30.2 Å². The molecule has 0 aliphatic heterocycles. The molecule has 0 bridgehead atoms. The number of carbonyl (C=O) groups excluding carboxylic acids is 2. The van der Waals surface area contributed by atoms with Crippen molar-refractivity contribution in [1.82, 2.24) is 5.32 Å². The van der Waals surface area contributed by atoms with Gasteiger partial charge in [-0.1, -0.05) is 42.5 Å². The van der Waals surface area contributed by atoms with Crippen LogP contribution in [0.1, 0.15) is 29.5 Å². The van der Waals surface area contributed by atoms with Crippen LogP contribution in [0.5, 0.6) is 0 Å². The second-order valence-corrected chi connectivity index (χ2v) is 5.61. The maximum Gasteiger partial charge on any atom is 0.240 e. The van der Waals surface area contributed by atoms with Crippen LogP contribution < -0.4 is 11.1 Å². The molecule has 0 fully saturated rings. The first-order valence-corrected chi connectivity index (χ1v) is 7.65. The van der Waals surface area contributed by atoms with Crippen molar-refractivity contribution in [2.24, 2.45) is 5.73 Å². The normalized spacial score (nSPS) is 12.7. The number of nitrogens with zero attached hydrogens (tertiary/aromatic N) is 1. The molecule has 0 aliphatic carbocycles. The van der Waals surface area contributed by atoms with Crippen LogP contribution in [0.3, 0.4) is 0 Å². The molecule has 0 heterocycles. The van der Waals surface area contributed by atoms with Crippen molar-refractivity contribution >= 4 is 11.8 Å². The fraction of sp³-hybridized carbons (Fsp3) is 0.211. The topological polar surface area (TPSA) is 96.0 Å². The maximum atomic E-state index is 12.4. The van der Waals surface area contributed by atoms with E-state index >= 15 is 0 Å². The van der Waals surface area contributed by atoms with Crippen LogP contribution in [-0.2, 0) is 16.0 Å². The third kappa shape index (κ3) is 4.43. The van der Waals surface area contributed by atoms with E-state index in [1.165, 1.54) is 0 Å². The molecule has 2 amide bonds. The lowest BCUT2D eigenvalue weighted by molar-refractivity contribution is -0.128. The molecule has 0 aliphatic rings. The van der Waals surface area contributed by atoms with Crippen molar-refractivity contribution in [3.05, 3.63) is 71.3 Å².